The van der Waals surface area contributed by atoms with Crippen molar-refractivity contribution in [3.05, 3.63) is 89.2 Å². The van der Waals surface area contributed by atoms with Gasteiger partial charge in [0.05, 0.1) is 17.7 Å². The molecule has 0 aliphatic heterocycles. The maximum absolute atomic E-state index is 14.0. The number of benzene rings is 3. The van der Waals surface area contributed by atoms with Crippen LogP contribution in [0.4, 0.5) is 10.1 Å². The number of amides is 2. The summed E-state index contributed by atoms with van der Waals surface area (Å²) in [6.45, 7) is 6.68. The molecule has 41 heavy (non-hydrogen) atoms. The van der Waals surface area contributed by atoms with E-state index in [-0.39, 0.29) is 29.5 Å². The fourth-order valence-electron chi connectivity index (χ4n) is 4.17. The summed E-state index contributed by atoms with van der Waals surface area (Å²) in [4.78, 5) is 28.7. The lowest BCUT2D eigenvalue weighted by atomic mass is 10.1. The molecule has 0 aliphatic carbocycles. The minimum Gasteiger partial charge on any atom is -0.497 e. The number of ether oxygens (including phenoxy) is 1. The molecule has 3 rings (SSSR count). The van der Waals surface area contributed by atoms with Gasteiger partial charge in [-0.25, -0.2) is 12.8 Å². The molecule has 0 bridgehead atoms. The molecule has 3 aromatic carbocycles. The van der Waals surface area contributed by atoms with E-state index in [0.29, 0.717) is 16.3 Å². The van der Waals surface area contributed by atoms with Crippen molar-refractivity contribution in [3.8, 4) is 5.75 Å². The average molecular weight is 604 g/mol. The van der Waals surface area contributed by atoms with Crippen LogP contribution in [-0.2, 0) is 26.2 Å². The van der Waals surface area contributed by atoms with Crippen LogP contribution in [0.5, 0.6) is 5.75 Å². The number of sulfonamides is 1. The summed E-state index contributed by atoms with van der Waals surface area (Å²) >= 11 is 6.05. The van der Waals surface area contributed by atoms with E-state index in [4.69, 9.17) is 16.3 Å². The van der Waals surface area contributed by atoms with Crippen LogP contribution in [-0.4, -0.2) is 50.4 Å². The largest absolute Gasteiger partial charge is 0.497 e. The molecule has 2 amide bonds. The first-order chi connectivity index (χ1) is 19.2. The molecule has 0 saturated carbocycles. The summed E-state index contributed by atoms with van der Waals surface area (Å²) in [5, 5.41) is 3.43. The van der Waals surface area contributed by atoms with E-state index in [0.717, 1.165) is 16.4 Å². The number of hydrogen-bond acceptors (Lipinski definition) is 5. The minimum atomic E-state index is -4.29. The smallest absolute Gasteiger partial charge is 0.264 e. The minimum absolute atomic E-state index is 0.0336. The van der Waals surface area contributed by atoms with Gasteiger partial charge in [0.25, 0.3) is 10.0 Å². The van der Waals surface area contributed by atoms with Gasteiger partial charge >= 0.3 is 0 Å². The molecule has 8 nitrogen and oxygen atoms in total. The molecule has 0 fully saturated rings. The summed E-state index contributed by atoms with van der Waals surface area (Å²) in [6, 6.07) is 16.5. The molecule has 11 heteroatoms. The molecule has 0 aromatic heterocycles. The first-order valence-electron chi connectivity index (χ1n) is 13.0. The van der Waals surface area contributed by atoms with E-state index in [2.05, 4.69) is 5.32 Å². The fourth-order valence-corrected chi connectivity index (χ4v) is 5.71. The van der Waals surface area contributed by atoms with Crippen molar-refractivity contribution >= 4 is 39.1 Å². The average Bonchev–Trinajstić information content (AvgIpc) is 2.92. The Bertz CT molecular complexity index is 1440. The predicted molar refractivity (Wildman–Crippen MR) is 158 cm³/mol. The molecule has 1 N–H and O–H groups in total. The van der Waals surface area contributed by atoms with Crippen molar-refractivity contribution in [1.82, 2.24) is 10.2 Å². The highest BCUT2D eigenvalue weighted by Gasteiger charge is 2.34. The molecule has 0 heterocycles. The highest BCUT2D eigenvalue weighted by atomic mass is 35.5. The van der Waals surface area contributed by atoms with Crippen LogP contribution in [0.3, 0.4) is 0 Å². The van der Waals surface area contributed by atoms with Gasteiger partial charge in [-0.1, -0.05) is 30.7 Å². The Hall–Kier alpha value is -3.63. The van der Waals surface area contributed by atoms with E-state index >= 15 is 0 Å². The van der Waals surface area contributed by atoms with Crippen molar-refractivity contribution < 1.29 is 27.1 Å². The van der Waals surface area contributed by atoms with Crippen LogP contribution in [0, 0.1) is 5.82 Å². The third kappa shape index (κ3) is 8.43. The highest BCUT2D eigenvalue weighted by molar-refractivity contribution is 7.92. The first kappa shape index (κ1) is 31.9. The number of rotatable bonds is 11. The summed E-state index contributed by atoms with van der Waals surface area (Å²) in [6.07, 6.45) is 0.281. The third-order valence-corrected chi connectivity index (χ3v) is 8.23. The summed E-state index contributed by atoms with van der Waals surface area (Å²) in [5.74, 6) is -1.08. The maximum Gasteiger partial charge on any atom is 0.264 e. The van der Waals surface area contributed by atoms with Crippen molar-refractivity contribution in [2.45, 2.75) is 57.1 Å². The lowest BCUT2D eigenvalue weighted by Gasteiger charge is -2.34. The normalized spacial score (nSPS) is 12.4. The topological polar surface area (TPSA) is 96.0 Å². The van der Waals surface area contributed by atoms with Crippen molar-refractivity contribution in [2.75, 3.05) is 18.0 Å². The second-order valence-electron chi connectivity index (χ2n) is 10.5. The van der Waals surface area contributed by atoms with Crippen LogP contribution in [0.25, 0.3) is 0 Å². The Kier molecular flexibility index (Phi) is 10.4. The number of carbonyl (C=O) groups is 2. The Morgan fingerprint density at radius 2 is 1.56 bits per heavy atom. The van der Waals surface area contributed by atoms with E-state index < -0.39 is 39.9 Å². The van der Waals surface area contributed by atoms with Crippen molar-refractivity contribution in [1.29, 1.82) is 0 Å². The number of anilines is 1. The summed E-state index contributed by atoms with van der Waals surface area (Å²) in [5.41, 5.74) is 0.238. The van der Waals surface area contributed by atoms with Gasteiger partial charge in [-0.2, -0.15) is 0 Å². The zero-order chi connectivity index (χ0) is 30.4. The van der Waals surface area contributed by atoms with E-state index in [1.165, 1.54) is 48.4 Å². The van der Waals surface area contributed by atoms with Crippen LogP contribution >= 0.6 is 11.6 Å². The van der Waals surface area contributed by atoms with Crippen LogP contribution in [0.15, 0.2) is 77.7 Å². The first-order valence-corrected chi connectivity index (χ1v) is 14.8. The molecule has 220 valence electrons. The predicted octanol–water partition coefficient (Wildman–Crippen LogP) is 5.41. The quantitative estimate of drug-likeness (QED) is 0.316. The number of methoxy groups -OCH3 is 1. The van der Waals surface area contributed by atoms with Gasteiger partial charge in [0.1, 0.15) is 24.2 Å². The SMILES string of the molecule is CC[C@@H](C(=O)NC(C)(C)C)N(Cc1ccc(Cl)cc1)C(=O)CN(c1ccc(F)cc1)S(=O)(=O)c1ccc(OC)cc1. The number of halogens is 2. The van der Waals surface area contributed by atoms with Crippen LogP contribution in [0.2, 0.25) is 5.02 Å². The molecule has 0 unspecified atom stereocenters. The van der Waals surface area contributed by atoms with Gasteiger partial charge in [-0.15, -0.1) is 0 Å². The number of hydrogen-bond donors (Lipinski definition) is 1. The van der Waals surface area contributed by atoms with Crippen molar-refractivity contribution in [2.24, 2.45) is 0 Å². The van der Waals surface area contributed by atoms with Gasteiger partial charge in [-0.05, 0) is 93.4 Å². The highest BCUT2D eigenvalue weighted by Crippen LogP contribution is 2.26. The van der Waals surface area contributed by atoms with Crippen LogP contribution in [0.1, 0.15) is 39.7 Å². The molecule has 0 spiro atoms. The van der Waals surface area contributed by atoms with Gasteiger partial charge < -0.3 is 15.0 Å². The zero-order valence-electron chi connectivity index (χ0n) is 23.7. The number of nitrogens with one attached hydrogen (secondary N) is 1. The van der Waals surface area contributed by atoms with E-state index in [1.807, 2.05) is 20.8 Å². The van der Waals surface area contributed by atoms with Gasteiger partial charge in [-0.3, -0.25) is 13.9 Å². The molecule has 3 aromatic rings. The van der Waals surface area contributed by atoms with Gasteiger partial charge in [0.15, 0.2) is 0 Å². The molecule has 0 saturated heterocycles. The lowest BCUT2D eigenvalue weighted by Crippen LogP contribution is -2.55. The molecular formula is C30H35ClFN3O5S. The zero-order valence-corrected chi connectivity index (χ0v) is 25.3. The van der Waals surface area contributed by atoms with Crippen molar-refractivity contribution in [3.63, 3.8) is 0 Å². The lowest BCUT2D eigenvalue weighted by molar-refractivity contribution is -0.141. The summed E-state index contributed by atoms with van der Waals surface area (Å²) < 4.78 is 47.6. The molecular weight excluding hydrogens is 569 g/mol. The number of nitrogens with zero attached hydrogens (tertiary/aromatic N) is 2. The van der Waals surface area contributed by atoms with Crippen LogP contribution < -0.4 is 14.4 Å². The standard InChI is InChI=1S/C30H35ClFN3O5S/c1-6-27(29(37)33-30(2,3)4)34(19-21-7-9-22(31)10-8-21)28(36)20-35(24-13-11-23(32)12-14-24)41(38,39)26-17-15-25(40-5)16-18-26/h7-18,27H,6,19-20H2,1-5H3,(H,33,37)/t27-/m0/s1. The third-order valence-electron chi connectivity index (χ3n) is 6.19. The summed E-state index contributed by atoms with van der Waals surface area (Å²) in [7, 11) is -2.83. The second kappa shape index (κ2) is 13.4. The number of carbonyl (C=O) groups excluding carboxylic acids is 2. The van der Waals surface area contributed by atoms with Gasteiger partial charge in [0.2, 0.25) is 11.8 Å². The molecule has 0 radical (unpaired) electrons. The maximum atomic E-state index is 14.0. The Balaban J connectivity index is 2.06. The fraction of sp³-hybridized carbons (Fsp3) is 0.333. The Morgan fingerprint density at radius 3 is 2.07 bits per heavy atom. The Morgan fingerprint density at radius 1 is 0.976 bits per heavy atom. The van der Waals surface area contributed by atoms with E-state index in [1.54, 1.807) is 31.2 Å². The van der Waals surface area contributed by atoms with Gasteiger partial charge in [0, 0.05) is 17.1 Å². The van der Waals surface area contributed by atoms with E-state index in [9.17, 15) is 22.4 Å². The second-order valence-corrected chi connectivity index (χ2v) is 12.8. The Labute approximate surface area is 246 Å². The molecule has 1 atom stereocenters. The molecule has 0 aliphatic rings. The monoisotopic (exact) mass is 603 g/mol.